The molecule has 0 bridgehead atoms. The predicted octanol–water partition coefficient (Wildman–Crippen LogP) is 1.95. The minimum Gasteiger partial charge on any atom is -0.370 e. The van der Waals surface area contributed by atoms with Gasteiger partial charge in [-0.25, -0.2) is 0 Å². The lowest BCUT2D eigenvalue weighted by molar-refractivity contribution is -0.118. The van der Waals surface area contributed by atoms with Crippen LogP contribution in [0.1, 0.15) is 47.0 Å². The van der Waals surface area contributed by atoms with Crippen LogP contribution in [0, 0.1) is 0 Å². The number of thiol groups is 2. The molecule has 0 radical (unpaired) electrons. The second-order valence-electron chi connectivity index (χ2n) is 7.00. The van der Waals surface area contributed by atoms with Gasteiger partial charge in [0, 0.05) is 42.1 Å². The van der Waals surface area contributed by atoms with E-state index in [0.29, 0.717) is 6.42 Å². The molecule has 0 aromatic heterocycles. The van der Waals surface area contributed by atoms with E-state index >= 15 is 0 Å². The van der Waals surface area contributed by atoms with Crippen LogP contribution in [-0.4, -0.2) is 53.0 Å². The van der Waals surface area contributed by atoms with Crippen LogP contribution in [-0.2, 0) is 4.79 Å². The van der Waals surface area contributed by atoms with Gasteiger partial charge in [0.15, 0.2) is 0 Å². The number of nitrogens with zero attached hydrogens (tertiary/aromatic N) is 1. The van der Waals surface area contributed by atoms with E-state index in [1.807, 2.05) is 0 Å². The van der Waals surface area contributed by atoms with Gasteiger partial charge in [0.25, 0.3) is 0 Å². The molecule has 0 aliphatic carbocycles. The summed E-state index contributed by atoms with van der Waals surface area (Å²) in [5.41, 5.74) is 5.17. The fraction of sp³-hybridized carbons (Fsp3) is 0.933. The molecule has 0 heterocycles. The van der Waals surface area contributed by atoms with Gasteiger partial charge in [-0.1, -0.05) is 0 Å². The number of carbonyl (C=O) groups is 1. The van der Waals surface area contributed by atoms with Crippen molar-refractivity contribution < 1.29 is 4.79 Å². The Bertz CT molecular complexity index is 298. The number of hydrogen-bond acceptors (Lipinski definition) is 5. The van der Waals surface area contributed by atoms with Gasteiger partial charge in [-0.05, 0) is 47.1 Å². The molecule has 0 atom stereocenters. The standard InChI is InChI=1S/C15H33N3OS2/c1-14(2,20)11-17-8-10-18(12-15(3,4)21)9-6-5-7-13(16)19/h17,20-21H,5-12H2,1-4H3,(H2,16,19). The average Bonchev–Trinajstić information content (AvgIpc) is 2.26. The molecule has 0 aliphatic rings. The van der Waals surface area contributed by atoms with Crippen molar-refractivity contribution in [2.45, 2.75) is 56.5 Å². The third-order valence-electron chi connectivity index (χ3n) is 2.92. The Morgan fingerprint density at radius 1 is 1.10 bits per heavy atom. The average molecular weight is 336 g/mol. The minimum absolute atomic E-state index is 0.00906. The lowest BCUT2D eigenvalue weighted by Crippen LogP contribution is -2.41. The zero-order valence-electron chi connectivity index (χ0n) is 14.0. The molecule has 1 amide bonds. The van der Waals surface area contributed by atoms with Crippen molar-refractivity contribution in [2.75, 3.05) is 32.7 Å². The fourth-order valence-corrected chi connectivity index (χ4v) is 2.40. The summed E-state index contributed by atoms with van der Waals surface area (Å²) in [5, 5.41) is 3.43. The van der Waals surface area contributed by atoms with Gasteiger partial charge >= 0.3 is 0 Å². The van der Waals surface area contributed by atoms with Crippen molar-refractivity contribution in [1.29, 1.82) is 0 Å². The first-order valence-corrected chi connectivity index (χ1v) is 8.55. The van der Waals surface area contributed by atoms with Crippen molar-refractivity contribution in [3.63, 3.8) is 0 Å². The number of unbranched alkanes of at least 4 members (excludes halogenated alkanes) is 1. The molecule has 126 valence electrons. The van der Waals surface area contributed by atoms with Gasteiger partial charge in [-0.2, -0.15) is 25.3 Å². The summed E-state index contributed by atoms with van der Waals surface area (Å²) in [7, 11) is 0. The Morgan fingerprint density at radius 2 is 1.71 bits per heavy atom. The first-order valence-electron chi connectivity index (χ1n) is 7.66. The second kappa shape index (κ2) is 9.98. The zero-order chi connectivity index (χ0) is 16.5. The van der Waals surface area contributed by atoms with E-state index in [0.717, 1.165) is 45.6 Å². The highest BCUT2D eigenvalue weighted by Gasteiger charge is 2.17. The third-order valence-corrected chi connectivity index (χ3v) is 3.22. The van der Waals surface area contributed by atoms with Crippen LogP contribution in [0.3, 0.4) is 0 Å². The van der Waals surface area contributed by atoms with Crippen molar-refractivity contribution in [1.82, 2.24) is 10.2 Å². The van der Waals surface area contributed by atoms with Crippen LogP contribution in [0.5, 0.6) is 0 Å². The number of hydrogen-bond donors (Lipinski definition) is 4. The Morgan fingerprint density at radius 3 is 2.19 bits per heavy atom. The van der Waals surface area contributed by atoms with Crippen molar-refractivity contribution in [2.24, 2.45) is 5.73 Å². The number of carbonyl (C=O) groups excluding carboxylic acids is 1. The van der Waals surface area contributed by atoms with Crippen LogP contribution < -0.4 is 11.1 Å². The topological polar surface area (TPSA) is 58.4 Å². The molecule has 4 nitrogen and oxygen atoms in total. The predicted molar refractivity (Wildman–Crippen MR) is 98.5 cm³/mol. The van der Waals surface area contributed by atoms with Gasteiger partial charge in [0.2, 0.25) is 5.91 Å². The highest BCUT2D eigenvalue weighted by Crippen LogP contribution is 2.14. The van der Waals surface area contributed by atoms with E-state index in [9.17, 15) is 4.79 Å². The largest absolute Gasteiger partial charge is 0.370 e. The van der Waals surface area contributed by atoms with Crippen molar-refractivity contribution >= 4 is 31.2 Å². The van der Waals surface area contributed by atoms with Gasteiger partial charge in [-0.15, -0.1) is 0 Å². The molecule has 6 heteroatoms. The van der Waals surface area contributed by atoms with Gasteiger partial charge in [0.1, 0.15) is 0 Å². The molecule has 0 fully saturated rings. The van der Waals surface area contributed by atoms with Crippen LogP contribution >= 0.6 is 25.3 Å². The Balaban J connectivity index is 4.05. The van der Waals surface area contributed by atoms with E-state index < -0.39 is 0 Å². The first-order chi connectivity index (χ1) is 9.49. The van der Waals surface area contributed by atoms with E-state index in [1.165, 1.54) is 0 Å². The SMILES string of the molecule is CC(C)(S)CNCCN(CCCCC(N)=O)CC(C)(C)S. The molecule has 0 saturated heterocycles. The number of nitrogens with one attached hydrogen (secondary N) is 1. The molecule has 21 heavy (non-hydrogen) atoms. The van der Waals surface area contributed by atoms with E-state index in [-0.39, 0.29) is 15.4 Å². The molecular weight excluding hydrogens is 302 g/mol. The van der Waals surface area contributed by atoms with E-state index in [2.05, 4.69) is 63.2 Å². The molecule has 0 unspecified atom stereocenters. The van der Waals surface area contributed by atoms with E-state index in [4.69, 9.17) is 5.73 Å². The molecule has 0 aromatic carbocycles. The molecule has 0 saturated carbocycles. The molecule has 0 aromatic rings. The summed E-state index contributed by atoms with van der Waals surface area (Å²) >= 11 is 9.12. The zero-order valence-corrected chi connectivity index (χ0v) is 15.8. The maximum absolute atomic E-state index is 10.8. The molecule has 0 rings (SSSR count). The summed E-state index contributed by atoms with van der Waals surface area (Å²) in [5.74, 6) is -0.214. The minimum atomic E-state index is -0.214. The van der Waals surface area contributed by atoms with E-state index in [1.54, 1.807) is 0 Å². The summed E-state index contributed by atoms with van der Waals surface area (Å²) < 4.78 is -0.0123. The third kappa shape index (κ3) is 16.3. The second-order valence-corrected chi connectivity index (χ2v) is 9.42. The molecule has 0 spiro atoms. The molecule has 0 aliphatic heterocycles. The lowest BCUT2D eigenvalue weighted by Gasteiger charge is -2.30. The first kappa shape index (κ1) is 21.1. The summed E-state index contributed by atoms with van der Waals surface area (Å²) in [6.45, 7) is 13.1. The number of amides is 1. The monoisotopic (exact) mass is 335 g/mol. The summed E-state index contributed by atoms with van der Waals surface area (Å²) in [4.78, 5) is 13.2. The maximum Gasteiger partial charge on any atom is 0.217 e. The number of rotatable bonds is 12. The fourth-order valence-electron chi connectivity index (χ4n) is 2.08. The Kier molecular flexibility index (Phi) is 10.0. The van der Waals surface area contributed by atoms with Crippen LogP contribution in [0.4, 0.5) is 0 Å². The Hall–Kier alpha value is 0.0900. The summed E-state index contributed by atoms with van der Waals surface area (Å²) in [6.07, 6.45) is 2.32. The van der Waals surface area contributed by atoms with Crippen LogP contribution in [0.25, 0.3) is 0 Å². The smallest absolute Gasteiger partial charge is 0.217 e. The highest BCUT2D eigenvalue weighted by atomic mass is 32.1. The molecule has 3 N–H and O–H groups in total. The van der Waals surface area contributed by atoms with Crippen LogP contribution in [0.15, 0.2) is 0 Å². The number of primary amides is 1. The van der Waals surface area contributed by atoms with Crippen molar-refractivity contribution in [3.8, 4) is 0 Å². The van der Waals surface area contributed by atoms with Gasteiger partial charge < -0.3 is 16.0 Å². The molecular formula is C15H33N3OS2. The van der Waals surface area contributed by atoms with Gasteiger partial charge in [0.05, 0.1) is 0 Å². The Labute approximate surface area is 141 Å². The maximum atomic E-state index is 10.8. The quantitative estimate of drug-likeness (QED) is 0.326. The van der Waals surface area contributed by atoms with Crippen molar-refractivity contribution in [3.05, 3.63) is 0 Å². The normalized spacial score (nSPS) is 12.9. The highest BCUT2D eigenvalue weighted by molar-refractivity contribution is 7.82. The lowest BCUT2D eigenvalue weighted by atomic mass is 10.1. The number of nitrogens with two attached hydrogens (primary N) is 1. The van der Waals surface area contributed by atoms with Crippen LogP contribution in [0.2, 0.25) is 0 Å². The summed E-state index contributed by atoms with van der Waals surface area (Å²) in [6, 6.07) is 0. The van der Waals surface area contributed by atoms with Gasteiger partial charge in [-0.3, -0.25) is 4.79 Å².